The minimum atomic E-state index is -4.16. The molecule has 0 radical (unpaired) electrons. The van der Waals surface area contributed by atoms with Crippen molar-refractivity contribution < 1.29 is 27.5 Å². The number of methoxy groups -OCH3 is 1. The van der Waals surface area contributed by atoms with Gasteiger partial charge in [-0.2, -0.15) is 0 Å². The number of amides is 3. The van der Waals surface area contributed by atoms with Crippen LogP contribution in [0.3, 0.4) is 0 Å². The summed E-state index contributed by atoms with van der Waals surface area (Å²) in [7, 11) is -2.63. The number of unbranched alkanes of at least 4 members (excludes halogenated alkanes) is 1. The Bertz CT molecular complexity index is 1200. The average molecular weight is 502 g/mol. The van der Waals surface area contributed by atoms with E-state index in [4.69, 9.17) is 4.74 Å². The Balaban J connectivity index is 1.91. The third kappa shape index (κ3) is 5.64. The number of fused-ring (bicyclic) bond motifs is 1. The smallest absolute Gasteiger partial charge is 0.269 e. The molecule has 9 nitrogen and oxygen atoms in total. The van der Waals surface area contributed by atoms with Gasteiger partial charge >= 0.3 is 0 Å². The molecule has 0 saturated carbocycles. The van der Waals surface area contributed by atoms with Gasteiger partial charge in [0, 0.05) is 13.1 Å². The number of rotatable bonds is 11. The van der Waals surface area contributed by atoms with Gasteiger partial charge in [0.25, 0.3) is 15.9 Å². The minimum absolute atomic E-state index is 0.0315. The van der Waals surface area contributed by atoms with Crippen LogP contribution in [0, 0.1) is 0 Å². The van der Waals surface area contributed by atoms with Crippen molar-refractivity contribution in [2.45, 2.75) is 50.6 Å². The molecule has 2 aromatic rings. The molecule has 2 aromatic carbocycles. The molecular weight excluding hydrogens is 470 g/mol. The monoisotopic (exact) mass is 501 g/mol. The number of carbonyl (C=O) groups excluding carboxylic acids is 3. The van der Waals surface area contributed by atoms with E-state index < -0.39 is 34.4 Å². The van der Waals surface area contributed by atoms with Crippen LogP contribution in [0.2, 0.25) is 0 Å². The molecule has 3 amide bonds. The number of carbonyl (C=O) groups is 3. The minimum Gasteiger partial charge on any atom is -0.497 e. The first-order valence-corrected chi connectivity index (χ1v) is 13.0. The van der Waals surface area contributed by atoms with Crippen LogP contribution in [-0.2, 0) is 26.2 Å². The SMILES string of the molecule is CCCCNC(=O)[C@H](CC)N(Cc1cccc(OC)c1)C(=O)CN1C(=O)c2ccccc2S1(=O)=O. The molecule has 10 heteroatoms. The summed E-state index contributed by atoms with van der Waals surface area (Å²) in [6.07, 6.45) is 2.01. The molecule has 1 atom stereocenters. The number of benzene rings is 2. The highest BCUT2D eigenvalue weighted by Crippen LogP contribution is 2.30. The first-order valence-electron chi connectivity index (χ1n) is 11.6. The Morgan fingerprint density at radius 2 is 1.86 bits per heavy atom. The van der Waals surface area contributed by atoms with E-state index >= 15 is 0 Å². The molecule has 1 N–H and O–H groups in total. The van der Waals surface area contributed by atoms with E-state index in [1.54, 1.807) is 37.3 Å². The summed E-state index contributed by atoms with van der Waals surface area (Å²) in [5, 5.41) is 2.85. The summed E-state index contributed by atoms with van der Waals surface area (Å²) in [4.78, 5) is 40.6. The number of nitrogens with zero attached hydrogens (tertiary/aromatic N) is 2. The topological polar surface area (TPSA) is 113 Å². The molecular formula is C25H31N3O6S. The van der Waals surface area contributed by atoms with Crippen LogP contribution in [-0.4, -0.2) is 61.6 Å². The largest absolute Gasteiger partial charge is 0.497 e. The van der Waals surface area contributed by atoms with Gasteiger partial charge in [-0.15, -0.1) is 0 Å². The predicted octanol–water partition coefficient (Wildman–Crippen LogP) is 2.56. The molecule has 188 valence electrons. The average Bonchev–Trinajstić information content (AvgIpc) is 3.04. The van der Waals surface area contributed by atoms with Crippen LogP contribution in [0.15, 0.2) is 53.4 Å². The maximum absolute atomic E-state index is 13.5. The van der Waals surface area contributed by atoms with Crippen LogP contribution in [0.5, 0.6) is 5.75 Å². The normalized spacial score (nSPS) is 14.8. The van der Waals surface area contributed by atoms with Gasteiger partial charge < -0.3 is 15.0 Å². The standard InChI is InChI=1S/C25H31N3O6S/c1-4-6-14-26-24(30)21(5-2)27(16-18-10-9-11-19(15-18)34-3)23(29)17-28-25(31)20-12-7-8-13-22(20)35(28,32)33/h7-13,15,21H,4-6,14,16-17H2,1-3H3,(H,26,30)/t21-/m0/s1. The molecule has 0 saturated heterocycles. The van der Waals surface area contributed by atoms with Gasteiger partial charge in [0.15, 0.2) is 0 Å². The van der Waals surface area contributed by atoms with Gasteiger partial charge in [-0.25, -0.2) is 12.7 Å². The summed E-state index contributed by atoms with van der Waals surface area (Å²) >= 11 is 0. The van der Waals surface area contributed by atoms with Gasteiger partial charge in [-0.3, -0.25) is 14.4 Å². The van der Waals surface area contributed by atoms with E-state index in [1.165, 1.54) is 30.2 Å². The van der Waals surface area contributed by atoms with Crippen LogP contribution in [0.4, 0.5) is 0 Å². The zero-order chi connectivity index (χ0) is 25.6. The van der Waals surface area contributed by atoms with Gasteiger partial charge in [-0.05, 0) is 42.7 Å². The number of hydrogen-bond acceptors (Lipinski definition) is 6. The van der Waals surface area contributed by atoms with Gasteiger partial charge in [0.1, 0.15) is 23.2 Å². The zero-order valence-corrected chi connectivity index (χ0v) is 21.0. The Kier molecular flexibility index (Phi) is 8.50. The lowest BCUT2D eigenvalue weighted by atomic mass is 10.1. The molecule has 0 unspecified atom stereocenters. The van der Waals surface area contributed by atoms with Crippen molar-refractivity contribution in [3.8, 4) is 5.75 Å². The maximum atomic E-state index is 13.5. The lowest BCUT2D eigenvalue weighted by Gasteiger charge is -2.31. The van der Waals surface area contributed by atoms with Crippen molar-refractivity contribution in [3.05, 3.63) is 59.7 Å². The summed E-state index contributed by atoms with van der Waals surface area (Å²) in [6, 6.07) is 12.1. The van der Waals surface area contributed by atoms with Crippen molar-refractivity contribution in [2.75, 3.05) is 20.2 Å². The molecule has 1 aliphatic heterocycles. The molecule has 1 aliphatic rings. The Labute approximate surface area is 206 Å². The highest BCUT2D eigenvalue weighted by molar-refractivity contribution is 7.90. The number of hydrogen-bond donors (Lipinski definition) is 1. The molecule has 3 rings (SSSR count). The lowest BCUT2D eigenvalue weighted by molar-refractivity contribution is -0.141. The molecule has 0 aliphatic carbocycles. The van der Waals surface area contributed by atoms with Crippen molar-refractivity contribution >= 4 is 27.7 Å². The quantitative estimate of drug-likeness (QED) is 0.474. The second-order valence-corrected chi connectivity index (χ2v) is 10.1. The van der Waals surface area contributed by atoms with Gasteiger partial charge in [0.2, 0.25) is 11.8 Å². The van der Waals surface area contributed by atoms with E-state index in [2.05, 4.69) is 5.32 Å². The van der Waals surface area contributed by atoms with Crippen LogP contribution in [0.1, 0.15) is 49.0 Å². The first-order chi connectivity index (χ1) is 16.7. The molecule has 0 spiro atoms. The first kappa shape index (κ1) is 26.2. The lowest BCUT2D eigenvalue weighted by Crippen LogP contribution is -2.52. The van der Waals surface area contributed by atoms with Crippen molar-refractivity contribution in [3.63, 3.8) is 0 Å². The molecule has 35 heavy (non-hydrogen) atoms. The highest BCUT2D eigenvalue weighted by Gasteiger charge is 2.43. The molecule has 0 bridgehead atoms. The fourth-order valence-electron chi connectivity index (χ4n) is 3.99. The van der Waals surface area contributed by atoms with Crippen LogP contribution < -0.4 is 10.1 Å². The number of nitrogens with one attached hydrogen (secondary N) is 1. The van der Waals surface area contributed by atoms with E-state index in [0.29, 0.717) is 28.6 Å². The maximum Gasteiger partial charge on any atom is 0.269 e. The Morgan fingerprint density at radius 3 is 2.51 bits per heavy atom. The van der Waals surface area contributed by atoms with Crippen molar-refractivity contribution in [1.29, 1.82) is 0 Å². The second kappa shape index (κ2) is 11.4. The number of sulfonamides is 1. The summed E-state index contributed by atoms with van der Waals surface area (Å²) in [6.45, 7) is 3.61. The van der Waals surface area contributed by atoms with Crippen LogP contribution in [0.25, 0.3) is 0 Å². The third-order valence-corrected chi connectivity index (χ3v) is 7.68. The van der Waals surface area contributed by atoms with E-state index in [1.807, 2.05) is 6.92 Å². The third-order valence-electron chi connectivity index (χ3n) is 5.89. The Hall–Kier alpha value is -3.40. The highest BCUT2D eigenvalue weighted by atomic mass is 32.2. The summed E-state index contributed by atoms with van der Waals surface area (Å²) < 4.78 is 31.8. The second-order valence-electron chi connectivity index (χ2n) is 8.25. The van der Waals surface area contributed by atoms with Crippen LogP contribution >= 0.6 is 0 Å². The number of ether oxygens (including phenoxy) is 1. The molecule has 0 aromatic heterocycles. The fraction of sp³-hybridized carbons (Fsp3) is 0.400. The van der Waals surface area contributed by atoms with E-state index in [9.17, 15) is 22.8 Å². The van der Waals surface area contributed by atoms with Crippen molar-refractivity contribution in [2.24, 2.45) is 0 Å². The van der Waals surface area contributed by atoms with Gasteiger partial charge in [-0.1, -0.05) is 44.5 Å². The Morgan fingerprint density at radius 1 is 1.11 bits per heavy atom. The molecule has 0 fully saturated rings. The molecule has 1 heterocycles. The fourth-order valence-corrected chi connectivity index (χ4v) is 5.51. The predicted molar refractivity (Wildman–Crippen MR) is 130 cm³/mol. The summed E-state index contributed by atoms with van der Waals surface area (Å²) in [5.74, 6) is -1.13. The van der Waals surface area contributed by atoms with Gasteiger partial charge in [0.05, 0.1) is 12.7 Å². The van der Waals surface area contributed by atoms with E-state index in [-0.39, 0.29) is 22.9 Å². The zero-order valence-electron chi connectivity index (χ0n) is 20.2. The summed E-state index contributed by atoms with van der Waals surface area (Å²) in [5.41, 5.74) is 0.736. The van der Waals surface area contributed by atoms with E-state index in [0.717, 1.165) is 12.8 Å². The van der Waals surface area contributed by atoms with Crippen molar-refractivity contribution in [1.82, 2.24) is 14.5 Å².